The first-order valence-electron chi connectivity index (χ1n) is 9.88. The maximum Gasteiger partial charge on any atom is 0.261 e. The Balaban J connectivity index is 1.46. The molecule has 9 nitrogen and oxygen atoms in total. The van der Waals surface area contributed by atoms with Gasteiger partial charge in [0.05, 0.1) is 11.5 Å². The highest BCUT2D eigenvalue weighted by Crippen LogP contribution is 2.24. The maximum absolute atomic E-state index is 12.8. The van der Waals surface area contributed by atoms with Crippen LogP contribution < -0.4 is 14.8 Å². The SMILES string of the molecule is CCOc1ccc(S(=O)(=O)Nc2ccc(Nc3cc(-n4ccnc4)ncn3)cc2)cc1C. The summed E-state index contributed by atoms with van der Waals surface area (Å²) in [5.74, 6) is 1.94. The smallest absolute Gasteiger partial charge is 0.261 e. The van der Waals surface area contributed by atoms with Gasteiger partial charge in [-0.3, -0.25) is 9.29 Å². The molecule has 0 fully saturated rings. The lowest BCUT2D eigenvalue weighted by molar-refractivity contribution is 0.337. The molecule has 0 saturated heterocycles. The van der Waals surface area contributed by atoms with Crippen LogP contribution in [0.2, 0.25) is 0 Å². The largest absolute Gasteiger partial charge is 0.494 e. The minimum absolute atomic E-state index is 0.175. The third kappa shape index (κ3) is 4.86. The van der Waals surface area contributed by atoms with Crippen molar-refractivity contribution in [1.29, 1.82) is 0 Å². The number of benzene rings is 2. The van der Waals surface area contributed by atoms with Gasteiger partial charge in [-0.15, -0.1) is 0 Å². The monoisotopic (exact) mass is 450 g/mol. The van der Waals surface area contributed by atoms with Crippen LogP contribution in [-0.4, -0.2) is 34.5 Å². The van der Waals surface area contributed by atoms with E-state index in [1.54, 1.807) is 65.8 Å². The van der Waals surface area contributed by atoms with Gasteiger partial charge in [-0.25, -0.2) is 23.4 Å². The highest BCUT2D eigenvalue weighted by molar-refractivity contribution is 7.92. The van der Waals surface area contributed by atoms with E-state index >= 15 is 0 Å². The molecule has 2 heterocycles. The van der Waals surface area contributed by atoms with Gasteiger partial charge in [0, 0.05) is 29.8 Å². The van der Waals surface area contributed by atoms with Crippen molar-refractivity contribution in [2.24, 2.45) is 0 Å². The normalized spacial score (nSPS) is 11.2. The molecule has 4 rings (SSSR count). The minimum atomic E-state index is -3.73. The van der Waals surface area contributed by atoms with Crippen molar-refractivity contribution in [3.8, 4) is 11.6 Å². The molecule has 0 unspecified atom stereocenters. The second-order valence-electron chi connectivity index (χ2n) is 6.90. The summed E-state index contributed by atoms with van der Waals surface area (Å²) in [5, 5.41) is 3.18. The number of anilines is 3. The Labute approximate surface area is 186 Å². The average Bonchev–Trinajstić information content (AvgIpc) is 3.32. The molecule has 164 valence electrons. The highest BCUT2D eigenvalue weighted by Gasteiger charge is 2.16. The molecule has 0 aliphatic carbocycles. The number of sulfonamides is 1. The van der Waals surface area contributed by atoms with Crippen LogP contribution in [0.3, 0.4) is 0 Å². The summed E-state index contributed by atoms with van der Waals surface area (Å²) in [5.41, 5.74) is 1.96. The summed E-state index contributed by atoms with van der Waals surface area (Å²) >= 11 is 0. The molecule has 0 aliphatic rings. The molecule has 32 heavy (non-hydrogen) atoms. The fraction of sp³-hybridized carbons (Fsp3) is 0.136. The van der Waals surface area contributed by atoms with Crippen LogP contribution in [0.5, 0.6) is 5.75 Å². The van der Waals surface area contributed by atoms with Gasteiger partial charge in [0.25, 0.3) is 10.0 Å². The molecule has 0 saturated carbocycles. The van der Waals surface area contributed by atoms with E-state index in [9.17, 15) is 8.42 Å². The van der Waals surface area contributed by atoms with Crippen LogP contribution in [-0.2, 0) is 10.0 Å². The molecular weight excluding hydrogens is 428 g/mol. The van der Waals surface area contributed by atoms with Gasteiger partial charge < -0.3 is 10.1 Å². The summed E-state index contributed by atoms with van der Waals surface area (Å²) in [6.07, 6.45) is 6.57. The summed E-state index contributed by atoms with van der Waals surface area (Å²) < 4.78 is 35.4. The number of hydrogen-bond acceptors (Lipinski definition) is 7. The average molecular weight is 451 g/mol. The van der Waals surface area contributed by atoms with Gasteiger partial charge in [0.15, 0.2) is 0 Å². The lowest BCUT2D eigenvalue weighted by atomic mass is 10.2. The van der Waals surface area contributed by atoms with Gasteiger partial charge in [-0.2, -0.15) is 0 Å². The zero-order valence-electron chi connectivity index (χ0n) is 17.6. The Bertz CT molecular complexity index is 1310. The van der Waals surface area contributed by atoms with Crippen molar-refractivity contribution >= 4 is 27.2 Å². The molecule has 2 aromatic carbocycles. The zero-order valence-corrected chi connectivity index (χ0v) is 18.4. The summed E-state index contributed by atoms with van der Waals surface area (Å²) in [6, 6.07) is 13.5. The molecule has 10 heteroatoms. The number of aryl methyl sites for hydroxylation is 1. The Kier molecular flexibility index (Phi) is 6.04. The molecule has 0 spiro atoms. The van der Waals surface area contributed by atoms with Crippen LogP contribution >= 0.6 is 0 Å². The Morgan fingerprint density at radius 2 is 1.81 bits per heavy atom. The van der Waals surface area contributed by atoms with E-state index in [1.807, 2.05) is 13.8 Å². The van der Waals surface area contributed by atoms with Crippen molar-refractivity contribution in [2.45, 2.75) is 18.7 Å². The third-order valence-corrected chi connectivity index (χ3v) is 5.97. The van der Waals surface area contributed by atoms with Crippen molar-refractivity contribution in [2.75, 3.05) is 16.6 Å². The van der Waals surface area contributed by atoms with Crippen molar-refractivity contribution in [3.63, 3.8) is 0 Å². The fourth-order valence-electron chi connectivity index (χ4n) is 3.04. The van der Waals surface area contributed by atoms with E-state index in [2.05, 4.69) is 25.0 Å². The number of imidazole rings is 1. The predicted molar refractivity (Wildman–Crippen MR) is 122 cm³/mol. The predicted octanol–water partition coefficient (Wildman–Crippen LogP) is 3.91. The number of ether oxygens (including phenoxy) is 1. The quantitative estimate of drug-likeness (QED) is 0.419. The molecular formula is C22H22N6O3S. The lowest BCUT2D eigenvalue weighted by Crippen LogP contribution is -2.13. The molecule has 0 aliphatic heterocycles. The molecule has 0 atom stereocenters. The number of nitrogens with one attached hydrogen (secondary N) is 2. The van der Waals surface area contributed by atoms with Gasteiger partial charge in [0.1, 0.15) is 30.0 Å². The van der Waals surface area contributed by atoms with Crippen LogP contribution in [0, 0.1) is 6.92 Å². The maximum atomic E-state index is 12.8. The first kappa shape index (κ1) is 21.3. The first-order chi connectivity index (χ1) is 15.4. The fourth-order valence-corrected chi connectivity index (χ4v) is 4.18. The summed E-state index contributed by atoms with van der Waals surface area (Å²) in [7, 11) is -3.73. The van der Waals surface area contributed by atoms with Crippen LogP contribution in [0.1, 0.15) is 12.5 Å². The Morgan fingerprint density at radius 1 is 1.03 bits per heavy atom. The van der Waals surface area contributed by atoms with Crippen LogP contribution in [0.15, 0.2) is 78.5 Å². The van der Waals surface area contributed by atoms with Crippen LogP contribution in [0.4, 0.5) is 17.2 Å². The third-order valence-electron chi connectivity index (χ3n) is 4.59. The van der Waals surface area contributed by atoms with E-state index in [0.717, 1.165) is 11.3 Å². The van der Waals surface area contributed by atoms with E-state index in [1.165, 1.54) is 12.4 Å². The van der Waals surface area contributed by atoms with Gasteiger partial charge in [-0.05, 0) is 61.9 Å². The van der Waals surface area contributed by atoms with E-state index in [4.69, 9.17) is 4.74 Å². The van der Waals surface area contributed by atoms with Crippen molar-refractivity contribution in [1.82, 2.24) is 19.5 Å². The molecule has 0 bridgehead atoms. The second-order valence-corrected chi connectivity index (χ2v) is 8.58. The Hall–Kier alpha value is -3.92. The Morgan fingerprint density at radius 3 is 2.50 bits per heavy atom. The number of hydrogen-bond donors (Lipinski definition) is 2. The first-order valence-corrected chi connectivity index (χ1v) is 11.4. The zero-order chi connectivity index (χ0) is 22.6. The number of nitrogens with zero attached hydrogens (tertiary/aromatic N) is 4. The highest BCUT2D eigenvalue weighted by atomic mass is 32.2. The second kappa shape index (κ2) is 9.06. The van der Waals surface area contributed by atoms with E-state index in [-0.39, 0.29) is 4.90 Å². The van der Waals surface area contributed by atoms with Gasteiger partial charge in [-0.1, -0.05) is 0 Å². The van der Waals surface area contributed by atoms with Crippen molar-refractivity contribution < 1.29 is 13.2 Å². The standard InChI is InChI=1S/C22H22N6O3S/c1-3-31-20-9-8-19(12-16(20)2)32(29,30)27-18-6-4-17(5-7-18)26-21-13-22(25-14-24-21)28-11-10-23-15-28/h4-15,27H,3H2,1-2H3,(H,24,25,26). The summed E-state index contributed by atoms with van der Waals surface area (Å²) in [6.45, 7) is 4.22. The molecule has 2 N–H and O–H groups in total. The molecule has 0 radical (unpaired) electrons. The molecule has 0 amide bonds. The lowest BCUT2D eigenvalue weighted by Gasteiger charge is -2.12. The molecule has 2 aromatic heterocycles. The molecule has 4 aromatic rings. The van der Waals surface area contributed by atoms with Crippen LogP contribution in [0.25, 0.3) is 5.82 Å². The number of rotatable bonds is 8. The summed E-state index contributed by atoms with van der Waals surface area (Å²) in [4.78, 5) is 12.6. The van der Waals surface area contributed by atoms with Crippen molar-refractivity contribution in [3.05, 3.63) is 79.1 Å². The van der Waals surface area contributed by atoms with E-state index in [0.29, 0.717) is 29.7 Å². The number of aromatic nitrogens is 4. The van der Waals surface area contributed by atoms with Gasteiger partial charge in [0.2, 0.25) is 0 Å². The van der Waals surface area contributed by atoms with E-state index < -0.39 is 10.0 Å². The topological polar surface area (TPSA) is 111 Å². The van der Waals surface area contributed by atoms with Gasteiger partial charge >= 0.3 is 0 Å². The minimum Gasteiger partial charge on any atom is -0.494 e.